The first-order valence-electron chi connectivity index (χ1n) is 6.60. The Hall–Kier alpha value is -2.21. The molecule has 1 aliphatic rings. The van der Waals surface area contributed by atoms with Crippen LogP contribution in [0.5, 0.6) is 0 Å². The van der Waals surface area contributed by atoms with Crippen LogP contribution >= 0.6 is 11.3 Å². The van der Waals surface area contributed by atoms with Crippen LogP contribution < -0.4 is 5.32 Å². The summed E-state index contributed by atoms with van der Waals surface area (Å²) in [6, 6.07) is 7.30. The second-order valence-corrected chi connectivity index (χ2v) is 5.83. The van der Waals surface area contributed by atoms with E-state index >= 15 is 0 Å². The fourth-order valence-electron chi connectivity index (χ4n) is 2.32. The highest BCUT2D eigenvalue weighted by atomic mass is 32.1. The van der Waals surface area contributed by atoms with Gasteiger partial charge in [-0.15, -0.1) is 11.3 Å². The molecular weight excluding hydrogens is 288 g/mol. The first-order chi connectivity index (χ1) is 10.1. The van der Waals surface area contributed by atoms with E-state index in [0.717, 1.165) is 16.3 Å². The molecule has 1 aliphatic heterocycles. The topological polar surface area (TPSA) is 68.3 Å². The van der Waals surface area contributed by atoms with Crippen LogP contribution in [-0.2, 0) is 20.9 Å². The zero-order valence-corrected chi connectivity index (χ0v) is 12.3. The number of para-hydroxylation sites is 1. The van der Waals surface area contributed by atoms with Crippen molar-refractivity contribution in [2.75, 3.05) is 5.32 Å². The number of benzene rings is 1. The molecule has 108 valence electrons. The molecule has 0 spiro atoms. The molecule has 1 aromatic heterocycles. The molecule has 3 rings (SSSR count). The van der Waals surface area contributed by atoms with Crippen molar-refractivity contribution in [3.8, 4) is 0 Å². The number of fused-ring (bicyclic) bond motifs is 1. The summed E-state index contributed by atoms with van der Waals surface area (Å²) in [4.78, 5) is 28.2. The maximum absolute atomic E-state index is 12.3. The number of rotatable bonds is 3. The third-order valence-electron chi connectivity index (χ3n) is 3.29. The average Bonchev–Trinajstić information content (AvgIpc) is 2.89. The lowest BCUT2D eigenvalue weighted by Crippen LogP contribution is -2.28. The van der Waals surface area contributed by atoms with Crippen LogP contribution in [0.25, 0.3) is 0 Å². The summed E-state index contributed by atoms with van der Waals surface area (Å²) in [6.45, 7) is 2.04. The molecule has 0 fully saturated rings. The van der Waals surface area contributed by atoms with Crippen LogP contribution in [-0.4, -0.2) is 16.9 Å². The molecule has 0 saturated carbocycles. The van der Waals surface area contributed by atoms with Gasteiger partial charge in [-0.05, 0) is 18.6 Å². The van der Waals surface area contributed by atoms with Crippen molar-refractivity contribution in [3.63, 3.8) is 0 Å². The molecule has 6 heteroatoms. The van der Waals surface area contributed by atoms with E-state index in [0.29, 0.717) is 5.69 Å². The Morgan fingerprint density at radius 1 is 1.48 bits per heavy atom. The standard InChI is InChI=1S/C15H14N2O3S/c1-9-8-21-14(16-9)7-20-15(19)11-6-13(18)17-12-5-3-2-4-10(11)12/h2-5,8,11H,6-7H2,1H3,(H,17,18)/t11-/m0/s1. The zero-order valence-electron chi connectivity index (χ0n) is 11.5. The van der Waals surface area contributed by atoms with E-state index in [1.165, 1.54) is 11.3 Å². The summed E-state index contributed by atoms with van der Waals surface area (Å²) in [5.74, 6) is -1.10. The highest BCUT2D eigenvalue weighted by Gasteiger charge is 2.31. The van der Waals surface area contributed by atoms with E-state index in [9.17, 15) is 9.59 Å². The normalized spacial score (nSPS) is 17.0. The fourth-order valence-corrected chi connectivity index (χ4v) is 3.01. The number of thiazole rings is 1. The van der Waals surface area contributed by atoms with E-state index in [2.05, 4.69) is 10.3 Å². The Bertz CT molecular complexity index is 696. The number of aryl methyl sites for hydroxylation is 1. The number of nitrogens with one attached hydrogen (secondary N) is 1. The molecular formula is C15H14N2O3S. The molecule has 5 nitrogen and oxygen atoms in total. The molecule has 1 atom stereocenters. The minimum Gasteiger partial charge on any atom is -0.458 e. The van der Waals surface area contributed by atoms with E-state index in [-0.39, 0.29) is 24.9 Å². The Labute approximate surface area is 126 Å². The number of anilines is 1. The number of hydrogen-bond donors (Lipinski definition) is 1. The van der Waals surface area contributed by atoms with E-state index in [1.807, 2.05) is 30.5 Å². The molecule has 0 unspecified atom stereocenters. The molecule has 2 heterocycles. The molecule has 2 aromatic rings. The summed E-state index contributed by atoms with van der Waals surface area (Å²) in [5.41, 5.74) is 2.40. The Morgan fingerprint density at radius 2 is 2.29 bits per heavy atom. The highest BCUT2D eigenvalue weighted by molar-refractivity contribution is 7.09. The number of aromatic nitrogens is 1. The predicted molar refractivity (Wildman–Crippen MR) is 79.1 cm³/mol. The van der Waals surface area contributed by atoms with E-state index in [1.54, 1.807) is 6.07 Å². The molecule has 0 aliphatic carbocycles. The largest absolute Gasteiger partial charge is 0.458 e. The van der Waals surface area contributed by atoms with Gasteiger partial charge in [-0.3, -0.25) is 9.59 Å². The zero-order chi connectivity index (χ0) is 14.8. The van der Waals surface area contributed by atoms with Crippen molar-refractivity contribution in [3.05, 3.63) is 45.9 Å². The van der Waals surface area contributed by atoms with Crippen LogP contribution in [0.4, 0.5) is 5.69 Å². The van der Waals surface area contributed by atoms with Crippen molar-refractivity contribution >= 4 is 28.9 Å². The Balaban J connectivity index is 1.74. The number of nitrogens with zero attached hydrogens (tertiary/aromatic N) is 1. The van der Waals surface area contributed by atoms with Crippen LogP contribution in [0.3, 0.4) is 0 Å². The lowest BCUT2D eigenvalue weighted by molar-refractivity contribution is -0.148. The minimum absolute atomic E-state index is 0.118. The van der Waals surface area contributed by atoms with Crippen molar-refractivity contribution in [2.24, 2.45) is 0 Å². The summed E-state index contributed by atoms with van der Waals surface area (Å²) in [7, 11) is 0. The van der Waals surface area contributed by atoms with Gasteiger partial charge in [0.2, 0.25) is 5.91 Å². The molecule has 1 N–H and O–H groups in total. The Morgan fingerprint density at radius 3 is 3.05 bits per heavy atom. The van der Waals surface area contributed by atoms with Gasteiger partial charge in [-0.2, -0.15) is 0 Å². The summed E-state index contributed by atoms with van der Waals surface area (Å²) >= 11 is 1.46. The van der Waals surface area contributed by atoms with Crippen molar-refractivity contribution < 1.29 is 14.3 Å². The van der Waals surface area contributed by atoms with Crippen LogP contribution in [0.1, 0.15) is 28.6 Å². The smallest absolute Gasteiger partial charge is 0.314 e. The third kappa shape index (κ3) is 2.95. The quantitative estimate of drug-likeness (QED) is 0.885. The highest BCUT2D eigenvalue weighted by Crippen LogP contribution is 2.33. The SMILES string of the molecule is Cc1csc(COC(=O)[C@H]2CC(=O)Nc3ccccc32)n1. The summed E-state index contributed by atoms with van der Waals surface area (Å²) < 4.78 is 5.32. The van der Waals surface area contributed by atoms with Gasteiger partial charge in [0.15, 0.2) is 0 Å². The van der Waals surface area contributed by atoms with E-state index in [4.69, 9.17) is 4.74 Å². The van der Waals surface area contributed by atoms with Crippen molar-refractivity contribution in [1.82, 2.24) is 4.98 Å². The van der Waals surface area contributed by atoms with Gasteiger partial charge in [0, 0.05) is 23.2 Å². The molecule has 0 radical (unpaired) electrons. The van der Waals surface area contributed by atoms with Gasteiger partial charge in [0.1, 0.15) is 11.6 Å². The first-order valence-corrected chi connectivity index (χ1v) is 7.48. The summed E-state index contributed by atoms with van der Waals surface area (Å²) in [5, 5.41) is 5.43. The lowest BCUT2D eigenvalue weighted by atomic mass is 9.91. The van der Waals surface area contributed by atoms with Gasteiger partial charge in [-0.1, -0.05) is 18.2 Å². The average molecular weight is 302 g/mol. The predicted octanol–water partition coefficient (Wildman–Crippen LogP) is 2.62. The van der Waals surface area contributed by atoms with Gasteiger partial charge >= 0.3 is 5.97 Å². The Kier molecular flexibility index (Phi) is 3.70. The molecule has 21 heavy (non-hydrogen) atoms. The fraction of sp³-hybridized carbons (Fsp3) is 0.267. The second kappa shape index (κ2) is 5.65. The van der Waals surface area contributed by atoms with Gasteiger partial charge in [-0.25, -0.2) is 4.98 Å². The number of ether oxygens (including phenoxy) is 1. The molecule has 0 saturated heterocycles. The van der Waals surface area contributed by atoms with Crippen molar-refractivity contribution in [2.45, 2.75) is 25.9 Å². The maximum Gasteiger partial charge on any atom is 0.314 e. The third-order valence-corrected chi connectivity index (χ3v) is 4.23. The van der Waals surface area contributed by atoms with Crippen molar-refractivity contribution in [1.29, 1.82) is 0 Å². The number of hydrogen-bond acceptors (Lipinski definition) is 5. The van der Waals surface area contributed by atoms with Gasteiger partial charge in [0.05, 0.1) is 5.92 Å². The first kappa shape index (κ1) is 13.8. The minimum atomic E-state index is -0.545. The van der Waals surface area contributed by atoms with Gasteiger partial charge < -0.3 is 10.1 Å². The summed E-state index contributed by atoms with van der Waals surface area (Å²) in [6.07, 6.45) is 0.118. The molecule has 0 bridgehead atoms. The molecule has 1 amide bonds. The number of carbonyl (C=O) groups excluding carboxylic acids is 2. The van der Waals surface area contributed by atoms with Gasteiger partial charge in [0.25, 0.3) is 0 Å². The second-order valence-electron chi connectivity index (χ2n) is 4.88. The van der Waals surface area contributed by atoms with Crippen LogP contribution in [0, 0.1) is 6.92 Å². The number of amides is 1. The van der Waals surface area contributed by atoms with E-state index < -0.39 is 5.92 Å². The maximum atomic E-state index is 12.3. The number of esters is 1. The lowest BCUT2D eigenvalue weighted by Gasteiger charge is -2.23. The molecule has 1 aromatic carbocycles. The van der Waals surface area contributed by atoms with Crippen LogP contribution in [0.2, 0.25) is 0 Å². The monoisotopic (exact) mass is 302 g/mol. The van der Waals surface area contributed by atoms with Crippen LogP contribution in [0.15, 0.2) is 29.6 Å². The number of carbonyl (C=O) groups is 2.